The molecule has 0 aliphatic carbocycles. The molecule has 0 spiro atoms. The van der Waals surface area contributed by atoms with Gasteiger partial charge in [0.05, 0.1) is 0 Å². The van der Waals surface area contributed by atoms with Crippen molar-refractivity contribution in [3.63, 3.8) is 0 Å². The molecule has 1 aromatic heterocycles. The summed E-state index contributed by atoms with van der Waals surface area (Å²) in [5.74, 6) is 0.00626. The Hall–Kier alpha value is -2.73. The molecule has 1 aliphatic heterocycles. The molecule has 0 bridgehead atoms. The summed E-state index contributed by atoms with van der Waals surface area (Å²) in [6.07, 6.45) is 1.39. The zero-order valence-corrected chi connectivity index (χ0v) is 12.5. The van der Waals surface area contributed by atoms with Crippen molar-refractivity contribution >= 4 is 35.2 Å². The van der Waals surface area contributed by atoms with E-state index in [-0.39, 0.29) is 10.7 Å². The van der Waals surface area contributed by atoms with Gasteiger partial charge in [0.25, 0.3) is 11.8 Å². The Morgan fingerprint density at radius 1 is 1.00 bits per heavy atom. The lowest BCUT2D eigenvalue weighted by Crippen LogP contribution is -2.51. The van der Waals surface area contributed by atoms with E-state index in [1.165, 1.54) is 6.08 Å². The molecule has 1 aliphatic rings. The van der Waals surface area contributed by atoms with Gasteiger partial charge in [-0.1, -0.05) is 29.8 Å². The number of nitrogens with one attached hydrogen (secondary N) is 2. The molecule has 5 nitrogen and oxygen atoms in total. The number of carbonyl (C=O) groups excluding carboxylic acids is 2. The Morgan fingerprint density at radius 2 is 1.64 bits per heavy atom. The maximum atomic E-state index is 11.8. The molecule has 6 heteroatoms. The summed E-state index contributed by atoms with van der Waals surface area (Å²) in [4.78, 5) is 23.5. The van der Waals surface area contributed by atoms with Crippen molar-refractivity contribution < 1.29 is 14.0 Å². The van der Waals surface area contributed by atoms with E-state index in [1.54, 1.807) is 12.1 Å². The average Bonchev–Trinajstić information content (AvgIpc) is 2.92. The lowest BCUT2D eigenvalue weighted by atomic mass is 10.1. The molecule has 110 valence electrons. The van der Waals surface area contributed by atoms with Crippen molar-refractivity contribution in [1.82, 2.24) is 10.6 Å². The van der Waals surface area contributed by atoms with Crippen LogP contribution in [0.2, 0.25) is 0 Å². The molecule has 2 amide bonds. The first-order chi connectivity index (χ1) is 10.5. The molecule has 0 radical (unpaired) electrons. The maximum absolute atomic E-state index is 11.8. The number of aryl methyl sites for hydroxylation is 1. The molecule has 0 unspecified atom stereocenters. The van der Waals surface area contributed by atoms with Crippen LogP contribution in [0.15, 0.2) is 46.4 Å². The van der Waals surface area contributed by atoms with Crippen LogP contribution >= 0.6 is 12.2 Å². The third-order valence-corrected chi connectivity index (χ3v) is 3.40. The molecule has 2 heterocycles. The number of hydrogen-bond acceptors (Lipinski definition) is 4. The quantitative estimate of drug-likeness (QED) is 0.506. The van der Waals surface area contributed by atoms with Gasteiger partial charge in [-0.15, -0.1) is 0 Å². The summed E-state index contributed by atoms with van der Waals surface area (Å²) in [6.45, 7) is 2.01. The van der Waals surface area contributed by atoms with Gasteiger partial charge in [0.15, 0.2) is 5.11 Å². The van der Waals surface area contributed by atoms with E-state index in [1.807, 2.05) is 31.2 Å². The van der Waals surface area contributed by atoms with Gasteiger partial charge in [0, 0.05) is 5.56 Å². The van der Waals surface area contributed by atoms with Crippen LogP contribution in [-0.4, -0.2) is 16.9 Å². The number of furan rings is 1. The fraction of sp³-hybridized carbons (Fsp3) is 0.0625. The van der Waals surface area contributed by atoms with Gasteiger partial charge in [0.1, 0.15) is 17.1 Å². The highest BCUT2D eigenvalue weighted by Gasteiger charge is 2.26. The lowest BCUT2D eigenvalue weighted by molar-refractivity contribution is -0.123. The highest BCUT2D eigenvalue weighted by molar-refractivity contribution is 7.80. The monoisotopic (exact) mass is 312 g/mol. The second kappa shape index (κ2) is 5.57. The summed E-state index contributed by atoms with van der Waals surface area (Å²) >= 11 is 4.74. The Bertz CT molecular complexity index is 781. The summed E-state index contributed by atoms with van der Waals surface area (Å²) in [5.41, 5.74) is 2.04. The zero-order chi connectivity index (χ0) is 15.7. The van der Waals surface area contributed by atoms with Gasteiger partial charge >= 0.3 is 0 Å². The minimum atomic E-state index is -0.540. The summed E-state index contributed by atoms with van der Waals surface area (Å²) < 4.78 is 5.67. The van der Waals surface area contributed by atoms with Crippen molar-refractivity contribution in [2.45, 2.75) is 6.92 Å². The van der Waals surface area contributed by atoms with E-state index < -0.39 is 11.8 Å². The van der Waals surface area contributed by atoms with Gasteiger partial charge in [0.2, 0.25) is 0 Å². The molecule has 3 rings (SSSR count). The summed E-state index contributed by atoms with van der Waals surface area (Å²) in [6, 6.07) is 11.4. The molecular weight excluding hydrogens is 300 g/mol. The van der Waals surface area contributed by atoms with Crippen molar-refractivity contribution in [3.8, 4) is 11.3 Å². The van der Waals surface area contributed by atoms with E-state index in [4.69, 9.17) is 16.6 Å². The topological polar surface area (TPSA) is 71.3 Å². The SMILES string of the molecule is Cc1ccc(-c2ccc(C=C3C(=O)NC(=S)NC3=O)o2)cc1. The number of carbonyl (C=O) groups is 2. The van der Waals surface area contributed by atoms with E-state index in [0.717, 1.165) is 11.1 Å². The second-order valence-corrected chi connectivity index (χ2v) is 5.27. The molecule has 0 saturated carbocycles. The first kappa shape index (κ1) is 14.2. The van der Waals surface area contributed by atoms with E-state index in [2.05, 4.69) is 10.6 Å². The molecule has 0 atom stereocenters. The molecule has 1 fully saturated rings. The van der Waals surface area contributed by atoms with Crippen LogP contribution in [0.4, 0.5) is 0 Å². The average molecular weight is 312 g/mol. The minimum Gasteiger partial charge on any atom is -0.457 e. The van der Waals surface area contributed by atoms with Gasteiger partial charge in [-0.3, -0.25) is 20.2 Å². The van der Waals surface area contributed by atoms with Crippen molar-refractivity contribution in [2.24, 2.45) is 0 Å². The lowest BCUT2D eigenvalue weighted by Gasteiger charge is -2.15. The van der Waals surface area contributed by atoms with Crippen molar-refractivity contribution in [1.29, 1.82) is 0 Å². The third-order valence-electron chi connectivity index (χ3n) is 3.19. The Labute approximate surface area is 132 Å². The molecule has 2 aromatic rings. The van der Waals surface area contributed by atoms with E-state index >= 15 is 0 Å². The molecule has 1 aromatic carbocycles. The van der Waals surface area contributed by atoms with Crippen LogP contribution in [-0.2, 0) is 9.59 Å². The van der Waals surface area contributed by atoms with Gasteiger partial charge < -0.3 is 4.42 Å². The number of benzene rings is 1. The Morgan fingerprint density at radius 3 is 2.27 bits per heavy atom. The largest absolute Gasteiger partial charge is 0.457 e. The van der Waals surface area contributed by atoms with Crippen LogP contribution in [0.25, 0.3) is 17.4 Å². The predicted octanol–water partition coefficient (Wildman–Crippen LogP) is 2.17. The first-order valence-corrected chi connectivity index (χ1v) is 6.99. The van der Waals surface area contributed by atoms with Crippen LogP contribution in [0.5, 0.6) is 0 Å². The number of hydrogen-bond donors (Lipinski definition) is 2. The van der Waals surface area contributed by atoms with Gasteiger partial charge in [-0.05, 0) is 37.4 Å². The number of amides is 2. The standard InChI is InChI=1S/C16H12N2O3S/c1-9-2-4-10(5-3-9)13-7-6-11(21-13)8-12-14(19)17-16(22)18-15(12)20/h2-8H,1H3,(H2,17,18,19,20,22). The number of thiocarbonyl (C=S) groups is 1. The minimum absolute atomic E-state index is 0.00643. The van der Waals surface area contributed by atoms with Crippen LogP contribution in [0.3, 0.4) is 0 Å². The highest BCUT2D eigenvalue weighted by atomic mass is 32.1. The smallest absolute Gasteiger partial charge is 0.263 e. The number of rotatable bonds is 2. The van der Waals surface area contributed by atoms with Crippen LogP contribution < -0.4 is 10.6 Å². The molecule has 22 heavy (non-hydrogen) atoms. The fourth-order valence-corrected chi connectivity index (χ4v) is 2.24. The Balaban J connectivity index is 1.89. The van der Waals surface area contributed by atoms with Crippen LogP contribution in [0, 0.1) is 6.92 Å². The molecule has 1 saturated heterocycles. The predicted molar refractivity (Wildman–Crippen MR) is 85.7 cm³/mol. The van der Waals surface area contributed by atoms with E-state index in [9.17, 15) is 9.59 Å². The van der Waals surface area contributed by atoms with Gasteiger partial charge in [-0.2, -0.15) is 0 Å². The normalized spacial score (nSPS) is 14.6. The fourth-order valence-electron chi connectivity index (χ4n) is 2.05. The second-order valence-electron chi connectivity index (χ2n) is 4.86. The van der Waals surface area contributed by atoms with E-state index in [0.29, 0.717) is 11.5 Å². The third kappa shape index (κ3) is 2.82. The highest BCUT2D eigenvalue weighted by Crippen LogP contribution is 2.24. The maximum Gasteiger partial charge on any atom is 0.263 e. The van der Waals surface area contributed by atoms with Crippen molar-refractivity contribution in [3.05, 3.63) is 53.3 Å². The Kier molecular flexibility index (Phi) is 3.60. The summed E-state index contributed by atoms with van der Waals surface area (Å²) in [5, 5.41) is 4.76. The van der Waals surface area contributed by atoms with Crippen LogP contribution in [0.1, 0.15) is 11.3 Å². The van der Waals surface area contributed by atoms with Gasteiger partial charge in [-0.25, -0.2) is 0 Å². The molecular formula is C16H12N2O3S. The van der Waals surface area contributed by atoms with Crippen molar-refractivity contribution in [2.75, 3.05) is 0 Å². The zero-order valence-electron chi connectivity index (χ0n) is 11.7. The first-order valence-electron chi connectivity index (χ1n) is 6.58. The molecule has 2 N–H and O–H groups in total. The summed E-state index contributed by atoms with van der Waals surface area (Å²) in [7, 11) is 0.